The highest BCUT2D eigenvalue weighted by molar-refractivity contribution is 6.37. The molecule has 0 aliphatic carbocycles. The van der Waals surface area contributed by atoms with Crippen molar-refractivity contribution in [1.29, 1.82) is 0 Å². The van der Waals surface area contributed by atoms with Gasteiger partial charge in [0.1, 0.15) is 12.3 Å². The van der Waals surface area contributed by atoms with Crippen molar-refractivity contribution in [2.24, 2.45) is 0 Å². The third-order valence-electron chi connectivity index (χ3n) is 3.52. The topological polar surface area (TPSA) is 67.4 Å². The van der Waals surface area contributed by atoms with Gasteiger partial charge < -0.3 is 10.1 Å². The monoisotopic (exact) mass is 376 g/mol. The summed E-state index contributed by atoms with van der Waals surface area (Å²) in [6.45, 7) is 2.34. The van der Waals surface area contributed by atoms with Crippen LogP contribution in [-0.2, 0) is 11.4 Å². The van der Waals surface area contributed by atoms with Gasteiger partial charge in [-0.2, -0.15) is 0 Å². The Morgan fingerprint density at radius 2 is 1.80 bits per heavy atom. The molecule has 1 aliphatic heterocycles. The van der Waals surface area contributed by atoms with Gasteiger partial charge in [0.15, 0.2) is 5.75 Å². The van der Waals surface area contributed by atoms with E-state index in [1.165, 1.54) is 6.08 Å². The molecule has 0 aromatic heterocycles. The van der Waals surface area contributed by atoms with Gasteiger partial charge in [0.2, 0.25) is 0 Å². The van der Waals surface area contributed by atoms with Crippen LogP contribution in [0.5, 0.6) is 5.75 Å². The standard InChI is InChI=1S/C18H14Cl2N2O3/c1-10-3-2-4-11(5-10)9-25-16-13(19)6-12(7-14(16)20)8-15-17(23)22-18(24)21-15/h2-8H,9H2,1H3,(H2,21,22,23,24)/b15-8+. The molecule has 7 heteroatoms. The van der Waals surface area contributed by atoms with Gasteiger partial charge in [-0.3, -0.25) is 10.1 Å². The van der Waals surface area contributed by atoms with Crippen LogP contribution in [-0.4, -0.2) is 11.9 Å². The Morgan fingerprint density at radius 3 is 2.40 bits per heavy atom. The fraction of sp³-hybridized carbons (Fsp3) is 0.111. The summed E-state index contributed by atoms with van der Waals surface area (Å²) in [7, 11) is 0. The van der Waals surface area contributed by atoms with Crippen molar-refractivity contribution >= 4 is 41.2 Å². The summed E-state index contributed by atoms with van der Waals surface area (Å²) in [5.41, 5.74) is 2.84. The van der Waals surface area contributed by atoms with E-state index in [9.17, 15) is 9.59 Å². The average molecular weight is 377 g/mol. The van der Waals surface area contributed by atoms with Gasteiger partial charge in [0, 0.05) is 0 Å². The van der Waals surface area contributed by atoms with E-state index in [0.717, 1.165) is 11.1 Å². The normalized spacial score (nSPS) is 15.2. The van der Waals surface area contributed by atoms with Crippen LogP contribution >= 0.6 is 23.2 Å². The van der Waals surface area contributed by atoms with Gasteiger partial charge in [-0.05, 0) is 36.3 Å². The number of rotatable bonds is 4. The minimum Gasteiger partial charge on any atom is -0.486 e. The van der Waals surface area contributed by atoms with E-state index < -0.39 is 11.9 Å². The fourth-order valence-corrected chi connectivity index (χ4v) is 3.02. The Kier molecular flexibility index (Phi) is 4.97. The number of imide groups is 1. The number of ether oxygens (including phenoxy) is 1. The molecular weight excluding hydrogens is 363 g/mol. The minimum atomic E-state index is -0.563. The van der Waals surface area contributed by atoms with Crippen molar-refractivity contribution in [2.75, 3.05) is 0 Å². The van der Waals surface area contributed by atoms with E-state index >= 15 is 0 Å². The summed E-state index contributed by atoms with van der Waals surface area (Å²) in [5.74, 6) is -0.135. The van der Waals surface area contributed by atoms with Gasteiger partial charge in [0.05, 0.1) is 10.0 Å². The van der Waals surface area contributed by atoms with E-state index in [4.69, 9.17) is 27.9 Å². The van der Waals surface area contributed by atoms with Gasteiger partial charge in [-0.25, -0.2) is 4.79 Å². The van der Waals surface area contributed by atoms with Crippen molar-refractivity contribution in [2.45, 2.75) is 13.5 Å². The first-order valence-corrected chi connectivity index (χ1v) is 8.19. The number of hydrogen-bond acceptors (Lipinski definition) is 3. The largest absolute Gasteiger partial charge is 0.486 e. The van der Waals surface area contributed by atoms with Crippen molar-refractivity contribution in [3.05, 3.63) is 68.8 Å². The Bertz CT molecular complexity index is 871. The van der Waals surface area contributed by atoms with Crippen LogP contribution in [0, 0.1) is 6.92 Å². The second kappa shape index (κ2) is 7.17. The number of benzene rings is 2. The number of amides is 3. The Hall–Kier alpha value is -2.50. The van der Waals surface area contributed by atoms with Crippen molar-refractivity contribution in [3.8, 4) is 5.75 Å². The highest BCUT2D eigenvalue weighted by Gasteiger charge is 2.23. The van der Waals surface area contributed by atoms with Crippen molar-refractivity contribution in [3.63, 3.8) is 0 Å². The lowest BCUT2D eigenvalue weighted by molar-refractivity contribution is -0.115. The van der Waals surface area contributed by atoms with Crippen molar-refractivity contribution in [1.82, 2.24) is 10.6 Å². The molecular formula is C18H14Cl2N2O3. The summed E-state index contributed by atoms with van der Waals surface area (Å²) in [6, 6.07) is 10.6. The van der Waals surface area contributed by atoms with Crippen LogP contribution in [0.3, 0.4) is 0 Å². The molecule has 1 heterocycles. The van der Waals surface area contributed by atoms with E-state index in [0.29, 0.717) is 28.0 Å². The predicted octanol–water partition coefficient (Wildman–Crippen LogP) is 4.06. The SMILES string of the molecule is Cc1cccc(COc2c(Cl)cc(/C=C3/NC(=O)NC3=O)cc2Cl)c1. The molecule has 1 aliphatic rings. The first kappa shape index (κ1) is 17.3. The smallest absolute Gasteiger partial charge is 0.326 e. The predicted molar refractivity (Wildman–Crippen MR) is 96.6 cm³/mol. The second-order valence-electron chi connectivity index (χ2n) is 5.56. The van der Waals surface area contributed by atoms with Crippen LogP contribution in [0.15, 0.2) is 42.1 Å². The molecule has 3 amide bonds. The molecule has 1 fully saturated rings. The maximum atomic E-state index is 11.6. The number of carbonyl (C=O) groups is 2. The first-order valence-electron chi connectivity index (χ1n) is 7.44. The molecule has 2 N–H and O–H groups in total. The summed E-state index contributed by atoms with van der Waals surface area (Å²) in [6.07, 6.45) is 1.49. The molecule has 128 valence electrons. The number of nitrogens with one attached hydrogen (secondary N) is 2. The van der Waals surface area contributed by atoms with Gasteiger partial charge >= 0.3 is 6.03 Å². The molecule has 0 atom stereocenters. The maximum absolute atomic E-state index is 11.6. The van der Waals surface area contributed by atoms with E-state index in [1.54, 1.807) is 12.1 Å². The van der Waals surface area contributed by atoms with E-state index in [-0.39, 0.29) is 5.70 Å². The number of urea groups is 1. The minimum absolute atomic E-state index is 0.130. The fourth-order valence-electron chi connectivity index (χ4n) is 2.41. The molecule has 0 saturated carbocycles. The first-order chi connectivity index (χ1) is 11.9. The Balaban J connectivity index is 1.80. The number of aryl methyl sites for hydroxylation is 1. The lowest BCUT2D eigenvalue weighted by atomic mass is 10.1. The highest BCUT2D eigenvalue weighted by Crippen LogP contribution is 2.35. The number of hydrogen-bond donors (Lipinski definition) is 2. The van der Waals surface area contributed by atoms with Crippen LogP contribution in [0.1, 0.15) is 16.7 Å². The highest BCUT2D eigenvalue weighted by atomic mass is 35.5. The quantitative estimate of drug-likeness (QED) is 0.624. The molecule has 1 saturated heterocycles. The van der Waals surface area contributed by atoms with Crippen LogP contribution in [0.2, 0.25) is 10.0 Å². The Labute approximate surface area is 154 Å². The lowest BCUT2D eigenvalue weighted by Gasteiger charge is -2.11. The summed E-state index contributed by atoms with van der Waals surface area (Å²) in [4.78, 5) is 22.7. The number of halogens is 2. The number of carbonyl (C=O) groups excluding carboxylic acids is 2. The Morgan fingerprint density at radius 1 is 1.08 bits per heavy atom. The summed E-state index contributed by atoms with van der Waals surface area (Å²) in [5, 5.41) is 5.16. The van der Waals surface area contributed by atoms with Gasteiger partial charge in [-0.1, -0.05) is 53.0 Å². The molecule has 0 bridgehead atoms. The molecule has 5 nitrogen and oxygen atoms in total. The molecule has 2 aromatic rings. The molecule has 3 rings (SSSR count). The third kappa shape index (κ3) is 4.13. The molecule has 0 spiro atoms. The van der Waals surface area contributed by atoms with Gasteiger partial charge in [-0.15, -0.1) is 0 Å². The molecule has 0 unspecified atom stereocenters. The zero-order valence-electron chi connectivity index (χ0n) is 13.2. The summed E-state index contributed by atoms with van der Waals surface area (Å²) < 4.78 is 5.74. The zero-order valence-corrected chi connectivity index (χ0v) is 14.7. The lowest BCUT2D eigenvalue weighted by Crippen LogP contribution is -2.22. The van der Waals surface area contributed by atoms with Crippen LogP contribution in [0.4, 0.5) is 4.79 Å². The average Bonchev–Trinajstić information content (AvgIpc) is 2.84. The molecule has 2 aromatic carbocycles. The van der Waals surface area contributed by atoms with Crippen molar-refractivity contribution < 1.29 is 14.3 Å². The molecule has 0 radical (unpaired) electrons. The summed E-state index contributed by atoms with van der Waals surface area (Å²) >= 11 is 12.5. The van der Waals surface area contributed by atoms with Crippen LogP contribution in [0.25, 0.3) is 6.08 Å². The third-order valence-corrected chi connectivity index (χ3v) is 4.08. The maximum Gasteiger partial charge on any atom is 0.326 e. The van der Waals surface area contributed by atoms with E-state index in [2.05, 4.69) is 10.6 Å². The molecule has 25 heavy (non-hydrogen) atoms. The van der Waals surface area contributed by atoms with Gasteiger partial charge in [0.25, 0.3) is 5.91 Å². The second-order valence-corrected chi connectivity index (χ2v) is 6.37. The zero-order chi connectivity index (χ0) is 18.0. The van der Waals surface area contributed by atoms with E-state index in [1.807, 2.05) is 31.2 Å². The van der Waals surface area contributed by atoms with Crippen LogP contribution < -0.4 is 15.4 Å².